The number of hydroxylamine groups is 1. The van der Waals surface area contributed by atoms with Gasteiger partial charge in [0, 0.05) is 12.0 Å². The molecule has 1 aliphatic rings. The maximum atomic E-state index is 13.0. The van der Waals surface area contributed by atoms with Gasteiger partial charge in [0.05, 0.1) is 12.8 Å². The highest BCUT2D eigenvalue weighted by Gasteiger charge is 2.28. The Morgan fingerprint density at radius 1 is 1.65 bits per heavy atom. The first-order valence-corrected chi connectivity index (χ1v) is 5.02. The average molecular weight is 238 g/mol. The third kappa shape index (κ3) is 2.59. The van der Waals surface area contributed by atoms with Gasteiger partial charge in [-0.1, -0.05) is 17.3 Å². The SMILES string of the molecule is CONC(=O)[C@@H]1CC(c2cccc(F)c2)=NO1. The van der Waals surface area contributed by atoms with Gasteiger partial charge in [0.2, 0.25) is 6.10 Å². The first-order valence-electron chi connectivity index (χ1n) is 5.02. The maximum absolute atomic E-state index is 13.0. The fourth-order valence-electron chi connectivity index (χ4n) is 1.52. The highest BCUT2D eigenvalue weighted by molar-refractivity contribution is 6.03. The zero-order chi connectivity index (χ0) is 12.3. The number of benzene rings is 1. The zero-order valence-corrected chi connectivity index (χ0v) is 9.14. The molecule has 6 heteroatoms. The van der Waals surface area contributed by atoms with Gasteiger partial charge in [0.25, 0.3) is 5.91 Å². The summed E-state index contributed by atoms with van der Waals surface area (Å²) in [5.41, 5.74) is 3.31. The van der Waals surface area contributed by atoms with E-state index in [1.165, 1.54) is 19.2 Å². The van der Waals surface area contributed by atoms with Crippen LogP contribution in [-0.4, -0.2) is 24.8 Å². The second-order valence-electron chi connectivity index (χ2n) is 3.52. The van der Waals surface area contributed by atoms with Crippen molar-refractivity contribution in [3.05, 3.63) is 35.6 Å². The van der Waals surface area contributed by atoms with E-state index in [2.05, 4.69) is 15.5 Å². The van der Waals surface area contributed by atoms with E-state index in [4.69, 9.17) is 4.84 Å². The number of carbonyl (C=O) groups is 1. The molecule has 1 aromatic carbocycles. The molecule has 0 fully saturated rings. The second kappa shape index (κ2) is 4.92. The molecule has 1 aliphatic heterocycles. The number of amides is 1. The maximum Gasteiger partial charge on any atom is 0.287 e. The van der Waals surface area contributed by atoms with Crippen LogP contribution in [0.2, 0.25) is 0 Å². The number of oxime groups is 1. The van der Waals surface area contributed by atoms with Gasteiger partial charge in [-0.25, -0.2) is 9.87 Å². The first-order chi connectivity index (χ1) is 8.20. The molecule has 90 valence electrons. The molecule has 0 unspecified atom stereocenters. The van der Waals surface area contributed by atoms with E-state index in [1.54, 1.807) is 12.1 Å². The zero-order valence-electron chi connectivity index (χ0n) is 9.14. The van der Waals surface area contributed by atoms with Crippen LogP contribution in [0, 0.1) is 5.82 Å². The van der Waals surface area contributed by atoms with Gasteiger partial charge in [-0.2, -0.15) is 0 Å². The topological polar surface area (TPSA) is 59.9 Å². The summed E-state index contributed by atoms with van der Waals surface area (Å²) in [5.74, 6) is -0.766. The summed E-state index contributed by atoms with van der Waals surface area (Å²) in [5, 5.41) is 3.77. The van der Waals surface area contributed by atoms with Crippen molar-refractivity contribution in [3.8, 4) is 0 Å². The molecular weight excluding hydrogens is 227 g/mol. The standard InChI is InChI=1S/C11H11FN2O3/c1-16-14-11(15)10-6-9(13-17-10)7-3-2-4-8(12)5-7/h2-5,10H,6H2,1H3,(H,14,15)/t10-/m0/s1. The van der Waals surface area contributed by atoms with E-state index in [0.29, 0.717) is 17.7 Å². The lowest BCUT2D eigenvalue weighted by atomic mass is 10.0. The predicted molar refractivity (Wildman–Crippen MR) is 57.6 cm³/mol. The van der Waals surface area contributed by atoms with E-state index < -0.39 is 12.0 Å². The van der Waals surface area contributed by atoms with Crippen molar-refractivity contribution in [1.82, 2.24) is 5.48 Å². The Kier molecular flexibility index (Phi) is 3.34. The average Bonchev–Trinajstić information content (AvgIpc) is 2.78. The summed E-state index contributed by atoms with van der Waals surface area (Å²) < 4.78 is 13.0. The molecule has 1 heterocycles. The molecule has 1 atom stereocenters. The van der Waals surface area contributed by atoms with Crippen LogP contribution < -0.4 is 5.48 Å². The van der Waals surface area contributed by atoms with Crippen molar-refractivity contribution in [2.45, 2.75) is 12.5 Å². The van der Waals surface area contributed by atoms with Gasteiger partial charge in [-0.05, 0) is 12.1 Å². The van der Waals surface area contributed by atoms with E-state index in [1.807, 2.05) is 0 Å². The second-order valence-corrected chi connectivity index (χ2v) is 3.52. The molecule has 1 aromatic rings. The van der Waals surface area contributed by atoms with Crippen molar-refractivity contribution < 1.29 is 18.9 Å². The summed E-state index contributed by atoms with van der Waals surface area (Å²) in [6, 6.07) is 5.98. The molecule has 0 spiro atoms. The number of halogens is 1. The normalized spacial score (nSPS) is 18.5. The van der Waals surface area contributed by atoms with Crippen LogP contribution in [-0.2, 0) is 14.5 Å². The van der Waals surface area contributed by atoms with Crippen LogP contribution in [0.15, 0.2) is 29.4 Å². The third-order valence-electron chi connectivity index (χ3n) is 2.32. The summed E-state index contributed by atoms with van der Waals surface area (Å²) in [4.78, 5) is 20.8. The van der Waals surface area contributed by atoms with E-state index in [-0.39, 0.29) is 5.82 Å². The Morgan fingerprint density at radius 2 is 2.47 bits per heavy atom. The highest BCUT2D eigenvalue weighted by atomic mass is 19.1. The van der Waals surface area contributed by atoms with Gasteiger partial charge in [-0.15, -0.1) is 0 Å². The molecule has 2 rings (SSSR count). The smallest absolute Gasteiger partial charge is 0.287 e. The number of hydrogen-bond donors (Lipinski definition) is 1. The summed E-state index contributed by atoms with van der Waals surface area (Å²) >= 11 is 0. The van der Waals surface area contributed by atoms with E-state index in [9.17, 15) is 9.18 Å². The predicted octanol–water partition coefficient (Wildman–Crippen LogP) is 0.996. The minimum absolute atomic E-state index is 0.290. The molecule has 0 aromatic heterocycles. The van der Waals surface area contributed by atoms with E-state index >= 15 is 0 Å². The summed E-state index contributed by atoms with van der Waals surface area (Å²) in [6.45, 7) is 0. The number of carbonyl (C=O) groups excluding carboxylic acids is 1. The molecule has 17 heavy (non-hydrogen) atoms. The molecule has 0 saturated carbocycles. The van der Waals surface area contributed by atoms with Crippen LogP contribution >= 0.6 is 0 Å². The third-order valence-corrected chi connectivity index (χ3v) is 2.32. The summed E-state index contributed by atoms with van der Waals surface area (Å²) in [7, 11) is 1.33. The minimum atomic E-state index is -0.729. The Bertz CT molecular complexity index is 462. The Hall–Kier alpha value is -1.95. The molecule has 1 amide bonds. The number of rotatable bonds is 3. The van der Waals surface area contributed by atoms with Gasteiger partial charge in [0.1, 0.15) is 5.82 Å². The van der Waals surface area contributed by atoms with Crippen molar-refractivity contribution in [2.24, 2.45) is 5.16 Å². The van der Waals surface area contributed by atoms with Crippen molar-refractivity contribution in [2.75, 3.05) is 7.11 Å². The number of nitrogens with zero attached hydrogens (tertiary/aromatic N) is 1. The fraction of sp³-hybridized carbons (Fsp3) is 0.273. The largest absolute Gasteiger partial charge is 0.382 e. The van der Waals surface area contributed by atoms with Gasteiger partial charge < -0.3 is 4.84 Å². The molecule has 0 bridgehead atoms. The highest BCUT2D eigenvalue weighted by Crippen LogP contribution is 2.17. The van der Waals surface area contributed by atoms with Crippen molar-refractivity contribution >= 4 is 11.6 Å². The fourth-order valence-corrected chi connectivity index (χ4v) is 1.52. The Morgan fingerprint density at radius 3 is 3.18 bits per heavy atom. The number of hydrogen-bond acceptors (Lipinski definition) is 4. The molecule has 5 nitrogen and oxygen atoms in total. The Balaban J connectivity index is 2.05. The lowest BCUT2D eigenvalue weighted by molar-refractivity contribution is -0.141. The van der Waals surface area contributed by atoms with Crippen molar-refractivity contribution in [3.63, 3.8) is 0 Å². The molecule has 0 radical (unpaired) electrons. The van der Waals surface area contributed by atoms with Crippen molar-refractivity contribution in [1.29, 1.82) is 0 Å². The molecule has 0 saturated heterocycles. The van der Waals surface area contributed by atoms with Crippen LogP contribution in [0.5, 0.6) is 0 Å². The van der Waals surface area contributed by atoms with Crippen LogP contribution in [0.3, 0.4) is 0 Å². The monoisotopic (exact) mass is 238 g/mol. The van der Waals surface area contributed by atoms with Gasteiger partial charge in [-0.3, -0.25) is 9.63 Å². The van der Waals surface area contributed by atoms with Crippen LogP contribution in [0.25, 0.3) is 0 Å². The van der Waals surface area contributed by atoms with Gasteiger partial charge >= 0.3 is 0 Å². The lowest BCUT2D eigenvalue weighted by Gasteiger charge is -2.06. The molecule has 0 aliphatic carbocycles. The van der Waals surface area contributed by atoms with Crippen LogP contribution in [0.1, 0.15) is 12.0 Å². The quantitative estimate of drug-likeness (QED) is 0.799. The lowest BCUT2D eigenvalue weighted by Crippen LogP contribution is -2.33. The Labute approximate surface area is 97.2 Å². The van der Waals surface area contributed by atoms with Gasteiger partial charge in [0.15, 0.2) is 0 Å². The molecule has 1 N–H and O–H groups in total. The molecular formula is C11H11FN2O3. The summed E-state index contributed by atoms with van der Waals surface area (Å²) in [6.07, 6.45) is -0.438. The van der Waals surface area contributed by atoms with Crippen LogP contribution in [0.4, 0.5) is 4.39 Å². The minimum Gasteiger partial charge on any atom is -0.382 e. The number of nitrogens with one attached hydrogen (secondary N) is 1. The first kappa shape index (κ1) is 11.5. The van der Waals surface area contributed by atoms with E-state index in [0.717, 1.165) is 0 Å².